The second kappa shape index (κ2) is 9.22. The average molecular weight is 487 g/mol. The standard InChI is InChI=1S/C22H19FN4O4S2/c1-27(2)33(29,30)17-9-7-16(8-10-17)26-19(28)11-31-21-20-18(12-32-22(20)25-13-24-21)14-3-5-15(23)6-4-14/h3-10,12-13H,11H2,1-2H3,(H,26,28). The third kappa shape index (κ3) is 4.85. The molecule has 0 fully saturated rings. The molecule has 2 aromatic heterocycles. The number of hydrogen-bond donors (Lipinski definition) is 1. The first kappa shape index (κ1) is 22.8. The van der Waals surface area contributed by atoms with Crippen LogP contribution in [-0.2, 0) is 14.8 Å². The van der Waals surface area contributed by atoms with Gasteiger partial charge in [0, 0.05) is 30.7 Å². The lowest BCUT2D eigenvalue weighted by molar-refractivity contribution is -0.118. The van der Waals surface area contributed by atoms with Gasteiger partial charge in [-0.15, -0.1) is 11.3 Å². The fourth-order valence-corrected chi connectivity index (χ4v) is 4.86. The number of nitrogens with one attached hydrogen (secondary N) is 1. The fraction of sp³-hybridized carbons (Fsp3) is 0.136. The summed E-state index contributed by atoms with van der Waals surface area (Å²) >= 11 is 1.39. The lowest BCUT2D eigenvalue weighted by Crippen LogP contribution is -2.22. The van der Waals surface area contributed by atoms with Crippen LogP contribution in [0, 0.1) is 5.82 Å². The molecule has 0 atom stereocenters. The molecule has 2 heterocycles. The molecule has 0 saturated carbocycles. The molecule has 11 heteroatoms. The molecule has 0 unspecified atom stereocenters. The maximum Gasteiger partial charge on any atom is 0.262 e. The molecule has 0 bridgehead atoms. The number of hydrogen-bond acceptors (Lipinski definition) is 7. The third-order valence-electron chi connectivity index (χ3n) is 4.75. The second-order valence-corrected chi connectivity index (χ2v) is 10.2. The maximum atomic E-state index is 13.3. The molecule has 0 aliphatic heterocycles. The van der Waals surface area contributed by atoms with Crippen molar-refractivity contribution < 1.29 is 22.3 Å². The molecule has 8 nitrogen and oxygen atoms in total. The zero-order chi connectivity index (χ0) is 23.6. The summed E-state index contributed by atoms with van der Waals surface area (Å²) in [6.45, 7) is -0.317. The van der Waals surface area contributed by atoms with E-state index in [9.17, 15) is 17.6 Å². The molecule has 1 amide bonds. The Kier molecular flexibility index (Phi) is 6.36. The molecule has 4 rings (SSSR count). The number of benzene rings is 2. The summed E-state index contributed by atoms with van der Waals surface area (Å²) in [5.41, 5.74) is 1.99. The van der Waals surface area contributed by atoms with E-state index in [2.05, 4.69) is 15.3 Å². The predicted molar refractivity (Wildman–Crippen MR) is 124 cm³/mol. The van der Waals surface area contributed by atoms with E-state index in [0.29, 0.717) is 15.9 Å². The van der Waals surface area contributed by atoms with Gasteiger partial charge in [0.25, 0.3) is 5.91 Å². The highest BCUT2D eigenvalue weighted by atomic mass is 32.2. The van der Waals surface area contributed by atoms with Crippen molar-refractivity contribution in [3.8, 4) is 17.0 Å². The van der Waals surface area contributed by atoms with Crippen LogP contribution in [0.5, 0.6) is 5.88 Å². The summed E-state index contributed by atoms with van der Waals surface area (Å²) in [5.74, 6) is -0.540. The van der Waals surface area contributed by atoms with Crippen molar-refractivity contribution in [3.05, 3.63) is 66.1 Å². The highest BCUT2D eigenvalue weighted by Crippen LogP contribution is 2.37. The van der Waals surface area contributed by atoms with Gasteiger partial charge in [0.1, 0.15) is 17.0 Å². The largest absolute Gasteiger partial charge is 0.467 e. The Balaban J connectivity index is 1.48. The first-order valence-electron chi connectivity index (χ1n) is 9.69. The summed E-state index contributed by atoms with van der Waals surface area (Å²) in [7, 11) is -0.659. The molecule has 0 radical (unpaired) electrons. The van der Waals surface area contributed by atoms with Crippen molar-refractivity contribution in [2.24, 2.45) is 0 Å². The van der Waals surface area contributed by atoms with Gasteiger partial charge in [-0.2, -0.15) is 0 Å². The highest BCUT2D eigenvalue weighted by Gasteiger charge is 2.18. The van der Waals surface area contributed by atoms with E-state index < -0.39 is 15.9 Å². The SMILES string of the molecule is CN(C)S(=O)(=O)c1ccc(NC(=O)COc2ncnc3scc(-c4ccc(F)cc4)c23)cc1. The van der Waals surface area contributed by atoms with Crippen molar-refractivity contribution in [1.82, 2.24) is 14.3 Å². The number of nitrogens with zero attached hydrogens (tertiary/aromatic N) is 3. The zero-order valence-electron chi connectivity index (χ0n) is 17.6. The molecular weight excluding hydrogens is 467 g/mol. The fourth-order valence-electron chi connectivity index (χ4n) is 3.05. The van der Waals surface area contributed by atoms with E-state index in [-0.39, 0.29) is 23.2 Å². The van der Waals surface area contributed by atoms with Gasteiger partial charge in [0.2, 0.25) is 15.9 Å². The van der Waals surface area contributed by atoms with E-state index in [4.69, 9.17) is 4.74 Å². The summed E-state index contributed by atoms with van der Waals surface area (Å²) in [6.07, 6.45) is 1.35. The van der Waals surface area contributed by atoms with Crippen LogP contribution in [0.3, 0.4) is 0 Å². The Morgan fingerprint density at radius 3 is 2.45 bits per heavy atom. The van der Waals surface area contributed by atoms with E-state index >= 15 is 0 Å². The number of ether oxygens (including phenoxy) is 1. The third-order valence-corrected chi connectivity index (χ3v) is 7.46. The minimum Gasteiger partial charge on any atom is -0.467 e. The molecule has 0 saturated heterocycles. The van der Waals surface area contributed by atoms with Crippen molar-refractivity contribution in [3.63, 3.8) is 0 Å². The summed E-state index contributed by atoms with van der Waals surface area (Å²) in [6, 6.07) is 11.9. The van der Waals surface area contributed by atoms with Gasteiger partial charge in [0.05, 0.1) is 10.3 Å². The number of carbonyl (C=O) groups excluding carboxylic acids is 1. The average Bonchev–Trinajstić information content (AvgIpc) is 3.23. The van der Waals surface area contributed by atoms with Crippen LogP contribution in [0.4, 0.5) is 10.1 Å². The Morgan fingerprint density at radius 1 is 1.09 bits per heavy atom. The van der Waals surface area contributed by atoms with Gasteiger partial charge in [-0.3, -0.25) is 4.79 Å². The normalized spacial score (nSPS) is 11.6. The van der Waals surface area contributed by atoms with Gasteiger partial charge in [-0.25, -0.2) is 27.1 Å². The lowest BCUT2D eigenvalue weighted by atomic mass is 10.1. The Morgan fingerprint density at radius 2 is 1.79 bits per heavy atom. The van der Waals surface area contributed by atoms with Crippen LogP contribution in [0.25, 0.3) is 21.3 Å². The molecule has 170 valence electrons. The van der Waals surface area contributed by atoms with Crippen LogP contribution in [0.1, 0.15) is 0 Å². The van der Waals surface area contributed by atoms with E-state index in [1.165, 1.54) is 68.2 Å². The summed E-state index contributed by atoms with van der Waals surface area (Å²) in [5, 5.41) is 5.18. The van der Waals surface area contributed by atoms with Crippen molar-refractivity contribution in [1.29, 1.82) is 0 Å². The van der Waals surface area contributed by atoms with E-state index in [0.717, 1.165) is 15.4 Å². The van der Waals surface area contributed by atoms with Crippen molar-refractivity contribution >= 4 is 43.2 Å². The molecule has 2 aromatic carbocycles. The van der Waals surface area contributed by atoms with E-state index in [1.807, 2.05) is 5.38 Å². The number of thiophene rings is 1. The Bertz CT molecular complexity index is 1400. The number of fused-ring (bicyclic) bond motifs is 1. The van der Waals surface area contributed by atoms with Gasteiger partial charge >= 0.3 is 0 Å². The first-order chi connectivity index (χ1) is 15.8. The van der Waals surface area contributed by atoms with Crippen molar-refractivity contribution in [2.45, 2.75) is 4.90 Å². The topological polar surface area (TPSA) is 101 Å². The number of sulfonamides is 1. The molecule has 0 spiro atoms. The van der Waals surface area contributed by atoms with Gasteiger partial charge in [0.15, 0.2) is 6.61 Å². The van der Waals surface area contributed by atoms with Gasteiger partial charge in [-0.1, -0.05) is 12.1 Å². The second-order valence-electron chi connectivity index (χ2n) is 7.16. The lowest BCUT2D eigenvalue weighted by Gasteiger charge is -2.12. The Hall–Kier alpha value is -3.41. The number of halogens is 1. The molecule has 0 aliphatic carbocycles. The molecule has 1 N–H and O–H groups in total. The predicted octanol–water partition coefficient (Wildman–Crippen LogP) is 3.77. The number of anilines is 1. The molecular formula is C22H19FN4O4S2. The first-order valence-corrected chi connectivity index (χ1v) is 12.0. The van der Waals surface area contributed by atoms with Gasteiger partial charge < -0.3 is 10.1 Å². The van der Waals surface area contributed by atoms with Crippen LogP contribution in [0.15, 0.2) is 65.1 Å². The minimum absolute atomic E-state index is 0.121. The van der Waals surface area contributed by atoms with Crippen LogP contribution in [0.2, 0.25) is 0 Å². The van der Waals surface area contributed by atoms with Crippen LogP contribution >= 0.6 is 11.3 Å². The van der Waals surface area contributed by atoms with E-state index in [1.54, 1.807) is 12.1 Å². The quantitative estimate of drug-likeness (QED) is 0.427. The smallest absolute Gasteiger partial charge is 0.262 e. The summed E-state index contributed by atoms with van der Waals surface area (Å²) in [4.78, 5) is 21.6. The number of rotatable bonds is 7. The minimum atomic E-state index is -3.55. The van der Waals surface area contributed by atoms with Crippen LogP contribution < -0.4 is 10.1 Å². The van der Waals surface area contributed by atoms with Crippen molar-refractivity contribution in [2.75, 3.05) is 26.0 Å². The summed E-state index contributed by atoms with van der Waals surface area (Å²) < 4.78 is 44.4. The number of amides is 1. The molecule has 0 aliphatic rings. The Labute approximate surface area is 193 Å². The van der Waals surface area contributed by atoms with Crippen LogP contribution in [-0.4, -0.2) is 49.3 Å². The highest BCUT2D eigenvalue weighted by molar-refractivity contribution is 7.89. The number of carbonyl (C=O) groups is 1. The maximum absolute atomic E-state index is 13.3. The molecule has 33 heavy (non-hydrogen) atoms. The molecule has 4 aromatic rings. The number of aromatic nitrogens is 2. The zero-order valence-corrected chi connectivity index (χ0v) is 19.3. The van der Waals surface area contributed by atoms with Gasteiger partial charge in [-0.05, 0) is 42.0 Å². The monoisotopic (exact) mass is 486 g/mol.